The summed E-state index contributed by atoms with van der Waals surface area (Å²) in [6.45, 7) is 0.257. The van der Waals surface area contributed by atoms with E-state index < -0.39 is 0 Å². The average Bonchev–Trinajstić information content (AvgIpc) is 2.25. The van der Waals surface area contributed by atoms with Crippen LogP contribution in [0.25, 0.3) is 6.08 Å². The SMILES string of the molecule is COc1ccc(/C=C/CCCO)cc1. The van der Waals surface area contributed by atoms with Crippen LogP contribution in [0.3, 0.4) is 0 Å². The maximum atomic E-state index is 8.58. The Hall–Kier alpha value is -1.28. The number of aliphatic hydroxyl groups is 1. The molecule has 0 saturated heterocycles. The van der Waals surface area contributed by atoms with Crippen molar-refractivity contribution >= 4 is 6.08 Å². The van der Waals surface area contributed by atoms with E-state index in [2.05, 4.69) is 12.2 Å². The smallest absolute Gasteiger partial charge is 0.118 e. The third kappa shape index (κ3) is 3.62. The first-order valence-corrected chi connectivity index (χ1v) is 4.78. The Bertz CT molecular complexity index is 275. The Kier molecular flexibility index (Phi) is 4.79. The summed E-state index contributed by atoms with van der Waals surface area (Å²) in [5.41, 5.74) is 1.16. The van der Waals surface area contributed by atoms with E-state index in [9.17, 15) is 0 Å². The molecule has 0 fully saturated rings. The molecule has 0 aliphatic heterocycles. The second kappa shape index (κ2) is 6.22. The maximum Gasteiger partial charge on any atom is 0.118 e. The van der Waals surface area contributed by atoms with E-state index in [1.54, 1.807) is 7.11 Å². The van der Waals surface area contributed by atoms with Crippen LogP contribution in [0, 0.1) is 0 Å². The number of hydrogen-bond donors (Lipinski definition) is 1. The summed E-state index contributed by atoms with van der Waals surface area (Å²) in [7, 11) is 1.66. The molecule has 0 bridgehead atoms. The first-order valence-electron chi connectivity index (χ1n) is 4.78. The van der Waals surface area contributed by atoms with Gasteiger partial charge in [0, 0.05) is 6.61 Å². The monoisotopic (exact) mass is 192 g/mol. The third-order valence-electron chi connectivity index (χ3n) is 1.96. The second-order valence-corrected chi connectivity index (χ2v) is 3.04. The number of ether oxygens (including phenoxy) is 1. The highest BCUT2D eigenvalue weighted by molar-refractivity contribution is 5.50. The lowest BCUT2D eigenvalue weighted by molar-refractivity contribution is 0.290. The van der Waals surface area contributed by atoms with Crippen molar-refractivity contribution in [3.8, 4) is 5.75 Å². The number of hydrogen-bond acceptors (Lipinski definition) is 2. The molecule has 1 aromatic carbocycles. The highest BCUT2D eigenvalue weighted by atomic mass is 16.5. The van der Waals surface area contributed by atoms with Crippen LogP contribution in [0.1, 0.15) is 18.4 Å². The van der Waals surface area contributed by atoms with E-state index in [1.165, 1.54) is 0 Å². The normalized spacial score (nSPS) is 10.7. The Balaban J connectivity index is 2.47. The Morgan fingerprint density at radius 1 is 1.29 bits per heavy atom. The lowest BCUT2D eigenvalue weighted by Gasteiger charge is -1.98. The molecule has 0 unspecified atom stereocenters. The van der Waals surface area contributed by atoms with Gasteiger partial charge in [0.1, 0.15) is 5.75 Å². The van der Waals surface area contributed by atoms with Crippen molar-refractivity contribution in [1.29, 1.82) is 0 Å². The Labute approximate surface area is 84.8 Å². The van der Waals surface area contributed by atoms with Gasteiger partial charge in [-0.15, -0.1) is 0 Å². The molecule has 0 amide bonds. The van der Waals surface area contributed by atoms with Crippen LogP contribution < -0.4 is 4.74 Å². The number of aliphatic hydroxyl groups excluding tert-OH is 1. The molecule has 0 radical (unpaired) electrons. The summed E-state index contributed by atoms with van der Waals surface area (Å²) in [6.07, 6.45) is 5.86. The summed E-state index contributed by atoms with van der Waals surface area (Å²) >= 11 is 0. The van der Waals surface area contributed by atoms with Crippen LogP contribution in [0.5, 0.6) is 5.75 Å². The van der Waals surface area contributed by atoms with Crippen molar-refractivity contribution in [2.75, 3.05) is 13.7 Å². The highest BCUT2D eigenvalue weighted by Gasteiger charge is 1.89. The maximum absolute atomic E-state index is 8.58. The molecule has 1 aromatic rings. The van der Waals surface area contributed by atoms with Gasteiger partial charge in [-0.3, -0.25) is 0 Å². The molecule has 14 heavy (non-hydrogen) atoms. The molecule has 2 nitrogen and oxygen atoms in total. The van der Waals surface area contributed by atoms with Crippen LogP contribution in [0.2, 0.25) is 0 Å². The van der Waals surface area contributed by atoms with Crippen LogP contribution in [-0.4, -0.2) is 18.8 Å². The van der Waals surface area contributed by atoms with Gasteiger partial charge in [0.05, 0.1) is 7.11 Å². The van der Waals surface area contributed by atoms with Gasteiger partial charge in [-0.1, -0.05) is 24.3 Å². The number of rotatable bonds is 5. The van der Waals surface area contributed by atoms with Crippen molar-refractivity contribution < 1.29 is 9.84 Å². The number of allylic oxidation sites excluding steroid dienone is 1. The molecule has 2 heteroatoms. The van der Waals surface area contributed by atoms with Gasteiger partial charge in [0.25, 0.3) is 0 Å². The summed E-state index contributed by atoms with van der Waals surface area (Å²) in [6, 6.07) is 7.89. The van der Waals surface area contributed by atoms with Gasteiger partial charge >= 0.3 is 0 Å². The minimum absolute atomic E-state index is 0.257. The highest BCUT2D eigenvalue weighted by Crippen LogP contribution is 2.12. The summed E-state index contributed by atoms with van der Waals surface area (Å²) in [5.74, 6) is 0.873. The molecule has 1 N–H and O–H groups in total. The van der Waals surface area contributed by atoms with E-state index in [1.807, 2.05) is 24.3 Å². The van der Waals surface area contributed by atoms with Crippen LogP contribution >= 0.6 is 0 Å². The van der Waals surface area contributed by atoms with Crippen LogP contribution in [0.4, 0.5) is 0 Å². The number of benzene rings is 1. The molecule has 0 spiro atoms. The van der Waals surface area contributed by atoms with Crippen molar-refractivity contribution in [2.24, 2.45) is 0 Å². The van der Waals surface area contributed by atoms with Gasteiger partial charge in [0.2, 0.25) is 0 Å². The topological polar surface area (TPSA) is 29.5 Å². The predicted molar refractivity (Wildman–Crippen MR) is 58.3 cm³/mol. The zero-order valence-corrected chi connectivity index (χ0v) is 8.44. The fourth-order valence-corrected chi connectivity index (χ4v) is 1.14. The second-order valence-electron chi connectivity index (χ2n) is 3.04. The standard InChI is InChI=1S/C12H16O2/c1-14-12-8-6-11(7-9-12)5-3-2-4-10-13/h3,5-9,13H,2,4,10H2,1H3/b5-3+. The van der Waals surface area contributed by atoms with Gasteiger partial charge in [0.15, 0.2) is 0 Å². The summed E-state index contributed by atoms with van der Waals surface area (Å²) < 4.78 is 5.06. The van der Waals surface area contributed by atoms with Gasteiger partial charge < -0.3 is 9.84 Å². The van der Waals surface area contributed by atoms with E-state index in [0.717, 1.165) is 24.2 Å². The van der Waals surface area contributed by atoms with E-state index >= 15 is 0 Å². The molecular formula is C12H16O2. The molecule has 0 atom stereocenters. The predicted octanol–water partition coefficient (Wildman–Crippen LogP) is 2.48. The van der Waals surface area contributed by atoms with Crippen molar-refractivity contribution in [1.82, 2.24) is 0 Å². The Morgan fingerprint density at radius 2 is 2.00 bits per heavy atom. The minimum atomic E-state index is 0.257. The minimum Gasteiger partial charge on any atom is -0.497 e. The molecule has 0 aliphatic rings. The quantitative estimate of drug-likeness (QED) is 0.726. The lowest BCUT2D eigenvalue weighted by atomic mass is 10.2. The molecule has 0 aliphatic carbocycles. The zero-order chi connectivity index (χ0) is 10.2. The van der Waals surface area contributed by atoms with Crippen LogP contribution in [0.15, 0.2) is 30.3 Å². The molecular weight excluding hydrogens is 176 g/mol. The largest absolute Gasteiger partial charge is 0.497 e. The molecule has 76 valence electrons. The van der Waals surface area contributed by atoms with Gasteiger partial charge in [-0.05, 0) is 30.5 Å². The average molecular weight is 192 g/mol. The van der Waals surface area contributed by atoms with Gasteiger partial charge in [-0.25, -0.2) is 0 Å². The van der Waals surface area contributed by atoms with Crippen LogP contribution in [-0.2, 0) is 0 Å². The number of methoxy groups -OCH3 is 1. The molecule has 0 heterocycles. The summed E-state index contributed by atoms with van der Waals surface area (Å²) in [5, 5.41) is 8.58. The molecule has 0 aromatic heterocycles. The molecule has 1 rings (SSSR count). The van der Waals surface area contributed by atoms with Crippen molar-refractivity contribution in [2.45, 2.75) is 12.8 Å². The summed E-state index contributed by atoms with van der Waals surface area (Å²) in [4.78, 5) is 0. The van der Waals surface area contributed by atoms with Crippen molar-refractivity contribution in [3.05, 3.63) is 35.9 Å². The van der Waals surface area contributed by atoms with E-state index in [4.69, 9.17) is 9.84 Å². The van der Waals surface area contributed by atoms with E-state index in [-0.39, 0.29) is 6.61 Å². The first kappa shape index (κ1) is 10.8. The first-order chi connectivity index (χ1) is 6.86. The van der Waals surface area contributed by atoms with Crippen molar-refractivity contribution in [3.63, 3.8) is 0 Å². The fraction of sp³-hybridized carbons (Fsp3) is 0.333. The van der Waals surface area contributed by atoms with Gasteiger partial charge in [-0.2, -0.15) is 0 Å². The third-order valence-corrected chi connectivity index (χ3v) is 1.96. The lowest BCUT2D eigenvalue weighted by Crippen LogP contribution is -1.81. The molecule has 0 saturated carbocycles. The zero-order valence-electron chi connectivity index (χ0n) is 8.44. The van der Waals surface area contributed by atoms with E-state index in [0.29, 0.717) is 0 Å². The fourth-order valence-electron chi connectivity index (χ4n) is 1.14. The Morgan fingerprint density at radius 3 is 2.57 bits per heavy atom. The number of unbranched alkanes of at least 4 members (excludes halogenated alkanes) is 1.